The first-order valence-corrected chi connectivity index (χ1v) is 9.47. The van der Waals surface area contributed by atoms with Crippen LogP contribution in [-0.4, -0.2) is 10.9 Å². The molecule has 3 aromatic carbocycles. The zero-order valence-electron chi connectivity index (χ0n) is 13.7. The normalized spacial score (nSPS) is 10.9. The first-order chi connectivity index (χ1) is 13.0. The van der Waals surface area contributed by atoms with Crippen LogP contribution < -0.4 is 5.32 Å². The van der Waals surface area contributed by atoms with Crippen LogP contribution in [0.3, 0.4) is 0 Å². The van der Waals surface area contributed by atoms with E-state index in [0.29, 0.717) is 43.9 Å². The molecule has 4 aromatic rings. The molecule has 0 fully saturated rings. The van der Waals surface area contributed by atoms with Crippen molar-refractivity contribution in [2.24, 2.45) is 0 Å². The van der Waals surface area contributed by atoms with Gasteiger partial charge < -0.3 is 9.73 Å². The Hall–Kier alpha value is -2.34. The molecule has 1 N–H and O–H groups in total. The molecule has 1 amide bonds. The second kappa shape index (κ2) is 7.35. The topological polar surface area (TPSA) is 55.1 Å². The molecule has 0 atom stereocenters. The molecule has 0 spiro atoms. The minimum Gasteiger partial charge on any atom is -0.436 e. The Morgan fingerprint density at radius 2 is 1.89 bits per heavy atom. The third-order valence-electron chi connectivity index (χ3n) is 3.89. The number of benzene rings is 3. The van der Waals surface area contributed by atoms with Crippen LogP contribution in [-0.2, 0) is 0 Å². The van der Waals surface area contributed by atoms with Gasteiger partial charge in [-0.25, -0.2) is 4.98 Å². The highest BCUT2D eigenvalue weighted by Crippen LogP contribution is 2.32. The van der Waals surface area contributed by atoms with Crippen LogP contribution in [0.2, 0.25) is 10.0 Å². The van der Waals surface area contributed by atoms with Gasteiger partial charge in [-0.3, -0.25) is 4.79 Å². The van der Waals surface area contributed by atoms with Gasteiger partial charge in [-0.2, -0.15) is 0 Å². The highest BCUT2D eigenvalue weighted by molar-refractivity contribution is 9.10. The maximum Gasteiger partial charge on any atom is 0.255 e. The quantitative estimate of drug-likeness (QED) is 0.364. The van der Waals surface area contributed by atoms with Crippen molar-refractivity contribution in [3.63, 3.8) is 0 Å². The Morgan fingerprint density at radius 1 is 1.04 bits per heavy atom. The maximum atomic E-state index is 12.4. The summed E-state index contributed by atoms with van der Waals surface area (Å²) in [6.07, 6.45) is 0. The van der Waals surface area contributed by atoms with Crippen LogP contribution in [0.25, 0.3) is 22.6 Å². The minimum atomic E-state index is -0.208. The SMILES string of the molecule is O=C(Nc1ccc2oc(-c3ccc(Cl)cc3Cl)nc2c1)c1cccc(Br)c1. The van der Waals surface area contributed by atoms with Gasteiger partial charge in [0.15, 0.2) is 5.58 Å². The van der Waals surface area contributed by atoms with Crippen LogP contribution in [0.5, 0.6) is 0 Å². The molecular formula is C20H11BrCl2N2O2. The lowest BCUT2D eigenvalue weighted by molar-refractivity contribution is 0.102. The average molecular weight is 462 g/mol. The van der Waals surface area contributed by atoms with Gasteiger partial charge in [-0.05, 0) is 54.6 Å². The molecule has 0 radical (unpaired) electrons. The van der Waals surface area contributed by atoms with Crippen molar-refractivity contribution in [1.29, 1.82) is 0 Å². The van der Waals surface area contributed by atoms with Crippen molar-refractivity contribution in [2.75, 3.05) is 5.32 Å². The maximum absolute atomic E-state index is 12.4. The van der Waals surface area contributed by atoms with Gasteiger partial charge in [0.25, 0.3) is 5.91 Å². The summed E-state index contributed by atoms with van der Waals surface area (Å²) in [6, 6.07) is 17.6. The van der Waals surface area contributed by atoms with E-state index in [9.17, 15) is 4.79 Å². The van der Waals surface area contributed by atoms with E-state index in [2.05, 4.69) is 26.2 Å². The molecule has 0 bridgehead atoms. The highest BCUT2D eigenvalue weighted by Gasteiger charge is 2.13. The van der Waals surface area contributed by atoms with E-state index < -0.39 is 0 Å². The second-order valence-electron chi connectivity index (χ2n) is 5.79. The Kier molecular flexibility index (Phi) is 4.91. The predicted molar refractivity (Wildman–Crippen MR) is 112 cm³/mol. The zero-order valence-corrected chi connectivity index (χ0v) is 16.8. The summed E-state index contributed by atoms with van der Waals surface area (Å²) in [5.41, 5.74) is 3.03. The van der Waals surface area contributed by atoms with E-state index in [1.165, 1.54) is 0 Å². The van der Waals surface area contributed by atoms with Crippen LogP contribution in [0, 0.1) is 0 Å². The monoisotopic (exact) mass is 460 g/mol. The number of amides is 1. The summed E-state index contributed by atoms with van der Waals surface area (Å²) >= 11 is 15.5. The molecule has 4 rings (SSSR count). The summed E-state index contributed by atoms with van der Waals surface area (Å²) in [4.78, 5) is 16.9. The summed E-state index contributed by atoms with van der Waals surface area (Å²) < 4.78 is 6.62. The van der Waals surface area contributed by atoms with Crippen LogP contribution in [0.1, 0.15) is 10.4 Å². The number of anilines is 1. The number of nitrogens with one attached hydrogen (secondary N) is 1. The fourth-order valence-corrected chi connectivity index (χ4v) is 3.50. The number of hydrogen-bond acceptors (Lipinski definition) is 3. The fraction of sp³-hybridized carbons (Fsp3) is 0. The largest absolute Gasteiger partial charge is 0.436 e. The number of carbonyl (C=O) groups excluding carboxylic acids is 1. The van der Waals surface area contributed by atoms with Gasteiger partial charge in [0.1, 0.15) is 5.52 Å². The van der Waals surface area contributed by atoms with Crippen LogP contribution in [0.15, 0.2) is 69.6 Å². The first-order valence-electron chi connectivity index (χ1n) is 7.92. The molecule has 0 unspecified atom stereocenters. The van der Waals surface area contributed by atoms with Gasteiger partial charge in [-0.1, -0.05) is 45.2 Å². The molecule has 27 heavy (non-hydrogen) atoms. The molecule has 1 heterocycles. The number of halogens is 3. The predicted octanol–water partition coefficient (Wildman–Crippen LogP) is 6.82. The van der Waals surface area contributed by atoms with Gasteiger partial charge in [0, 0.05) is 20.7 Å². The standard InChI is InChI=1S/C20H11BrCl2N2O2/c21-12-3-1-2-11(8-12)19(26)24-14-5-7-18-17(10-14)25-20(27-18)15-6-4-13(22)9-16(15)23/h1-10H,(H,24,26). The molecular weight excluding hydrogens is 451 g/mol. The van der Waals surface area contributed by atoms with Crippen LogP contribution in [0.4, 0.5) is 5.69 Å². The molecule has 0 aliphatic rings. The van der Waals surface area contributed by atoms with Crippen molar-refractivity contribution in [3.8, 4) is 11.5 Å². The van der Waals surface area contributed by atoms with Gasteiger partial charge in [0.05, 0.1) is 10.6 Å². The van der Waals surface area contributed by atoms with Crippen molar-refractivity contribution < 1.29 is 9.21 Å². The average Bonchev–Trinajstić information content (AvgIpc) is 3.04. The van der Waals surface area contributed by atoms with Crippen molar-refractivity contribution in [3.05, 3.63) is 80.7 Å². The number of oxazole rings is 1. The van der Waals surface area contributed by atoms with Gasteiger partial charge in [-0.15, -0.1) is 0 Å². The number of rotatable bonds is 3. The Bertz CT molecular complexity index is 1170. The summed E-state index contributed by atoms with van der Waals surface area (Å²) in [6.45, 7) is 0. The summed E-state index contributed by atoms with van der Waals surface area (Å²) in [7, 11) is 0. The van der Waals surface area contributed by atoms with E-state index in [1.54, 1.807) is 48.5 Å². The number of aromatic nitrogens is 1. The lowest BCUT2D eigenvalue weighted by Crippen LogP contribution is -2.11. The second-order valence-corrected chi connectivity index (χ2v) is 7.55. The Morgan fingerprint density at radius 3 is 2.67 bits per heavy atom. The molecule has 4 nitrogen and oxygen atoms in total. The smallest absolute Gasteiger partial charge is 0.255 e. The van der Waals surface area contributed by atoms with Gasteiger partial charge >= 0.3 is 0 Å². The third kappa shape index (κ3) is 3.86. The lowest BCUT2D eigenvalue weighted by atomic mass is 10.2. The number of nitrogens with zero attached hydrogens (tertiary/aromatic N) is 1. The van der Waals surface area contributed by atoms with E-state index in [4.69, 9.17) is 27.6 Å². The minimum absolute atomic E-state index is 0.208. The summed E-state index contributed by atoms with van der Waals surface area (Å²) in [5.74, 6) is 0.183. The number of carbonyl (C=O) groups is 1. The molecule has 0 saturated heterocycles. The van der Waals surface area contributed by atoms with Gasteiger partial charge in [0.2, 0.25) is 5.89 Å². The molecule has 1 aromatic heterocycles. The van der Waals surface area contributed by atoms with Crippen molar-refractivity contribution in [2.45, 2.75) is 0 Å². The third-order valence-corrected chi connectivity index (χ3v) is 4.93. The molecule has 0 aliphatic carbocycles. The summed E-state index contributed by atoms with van der Waals surface area (Å²) in [5, 5.41) is 3.86. The van der Waals surface area contributed by atoms with E-state index in [0.717, 1.165) is 4.47 Å². The number of hydrogen-bond donors (Lipinski definition) is 1. The molecule has 7 heteroatoms. The van der Waals surface area contributed by atoms with Crippen molar-refractivity contribution >= 4 is 61.8 Å². The first kappa shape index (κ1) is 18.0. The Balaban J connectivity index is 1.64. The highest BCUT2D eigenvalue weighted by atomic mass is 79.9. The fourth-order valence-electron chi connectivity index (χ4n) is 2.62. The van der Waals surface area contributed by atoms with Crippen molar-refractivity contribution in [1.82, 2.24) is 4.98 Å². The van der Waals surface area contributed by atoms with E-state index in [1.807, 2.05) is 12.1 Å². The zero-order chi connectivity index (χ0) is 19.0. The molecule has 134 valence electrons. The molecule has 0 aliphatic heterocycles. The van der Waals surface area contributed by atoms with Crippen LogP contribution >= 0.6 is 39.1 Å². The lowest BCUT2D eigenvalue weighted by Gasteiger charge is -2.05. The number of fused-ring (bicyclic) bond motifs is 1. The van der Waals surface area contributed by atoms with E-state index in [-0.39, 0.29) is 5.91 Å². The Labute approximate surface area is 173 Å². The molecule has 0 saturated carbocycles. The van der Waals surface area contributed by atoms with E-state index >= 15 is 0 Å².